The molecule has 2 aromatic rings. The predicted molar refractivity (Wildman–Crippen MR) is 76.4 cm³/mol. The summed E-state index contributed by atoms with van der Waals surface area (Å²) >= 11 is 0. The number of nitrogens with zero attached hydrogens (tertiary/aromatic N) is 3. The lowest BCUT2D eigenvalue weighted by Crippen LogP contribution is -2.36. The van der Waals surface area contributed by atoms with Gasteiger partial charge in [0.2, 0.25) is 0 Å². The molecule has 8 heteroatoms. The average molecular weight is 280 g/mol. The minimum absolute atomic E-state index is 0.351. The molecule has 0 radical (unpaired) electrons. The highest BCUT2D eigenvalue weighted by atomic mass is 16.2. The van der Waals surface area contributed by atoms with Crippen molar-refractivity contribution in [1.82, 2.24) is 30.0 Å². The summed E-state index contributed by atoms with van der Waals surface area (Å²) in [5, 5.41) is 0. The second-order valence-corrected chi connectivity index (χ2v) is 4.72. The molecule has 110 valence electrons. The summed E-state index contributed by atoms with van der Waals surface area (Å²) in [4.78, 5) is 29.4. The van der Waals surface area contributed by atoms with Gasteiger partial charge in [-0.25, -0.2) is 9.78 Å². The van der Waals surface area contributed by atoms with Gasteiger partial charge in [0, 0.05) is 27.2 Å². The Bertz CT molecular complexity index is 664. The topological polar surface area (TPSA) is 96.7 Å². The summed E-state index contributed by atoms with van der Waals surface area (Å²) < 4.78 is 2.37. The highest BCUT2D eigenvalue weighted by Gasteiger charge is 2.08. The van der Waals surface area contributed by atoms with Crippen LogP contribution in [0.25, 0.3) is 11.2 Å². The minimum Gasteiger partial charge on any atom is -0.339 e. The fraction of sp³-hybridized carbons (Fsp3) is 0.583. The number of aryl methyl sites for hydroxylation is 1. The van der Waals surface area contributed by atoms with Gasteiger partial charge < -0.3 is 4.98 Å². The van der Waals surface area contributed by atoms with Crippen molar-refractivity contribution in [3.63, 3.8) is 0 Å². The number of aromatic amines is 1. The van der Waals surface area contributed by atoms with Crippen molar-refractivity contribution < 1.29 is 0 Å². The van der Waals surface area contributed by atoms with E-state index < -0.39 is 0 Å². The van der Waals surface area contributed by atoms with Crippen molar-refractivity contribution in [3.05, 3.63) is 27.2 Å². The van der Waals surface area contributed by atoms with Gasteiger partial charge in [-0.15, -0.1) is 0 Å². The molecule has 3 rings (SSSR count). The van der Waals surface area contributed by atoms with Crippen molar-refractivity contribution >= 4 is 11.2 Å². The molecule has 1 aliphatic rings. The largest absolute Gasteiger partial charge is 0.339 e. The smallest absolute Gasteiger partial charge is 0.332 e. The van der Waals surface area contributed by atoms with Crippen molar-refractivity contribution in [1.29, 1.82) is 0 Å². The van der Waals surface area contributed by atoms with Crippen LogP contribution in [-0.2, 0) is 14.1 Å². The number of hydrazine groups is 1. The van der Waals surface area contributed by atoms with Crippen LogP contribution in [0.5, 0.6) is 0 Å². The molecular weight excluding hydrogens is 260 g/mol. The summed E-state index contributed by atoms with van der Waals surface area (Å²) in [6.45, 7) is 2.28. The molecule has 0 aromatic carbocycles. The first-order valence-electron chi connectivity index (χ1n) is 6.67. The van der Waals surface area contributed by atoms with Gasteiger partial charge in [0.15, 0.2) is 5.65 Å². The summed E-state index contributed by atoms with van der Waals surface area (Å²) in [6, 6.07) is 0. The molecule has 3 N–H and O–H groups in total. The van der Waals surface area contributed by atoms with Gasteiger partial charge in [-0.3, -0.25) is 24.8 Å². The third kappa shape index (κ3) is 2.97. The van der Waals surface area contributed by atoms with Gasteiger partial charge in [0.25, 0.3) is 5.56 Å². The molecule has 2 aromatic heterocycles. The first-order valence-corrected chi connectivity index (χ1v) is 6.67. The van der Waals surface area contributed by atoms with Gasteiger partial charge in [0.1, 0.15) is 5.52 Å². The molecule has 20 heavy (non-hydrogen) atoms. The molecule has 0 bridgehead atoms. The van der Waals surface area contributed by atoms with E-state index in [0.29, 0.717) is 11.2 Å². The number of nitrogens with one attached hydrogen (secondary N) is 3. The Morgan fingerprint density at radius 2 is 1.70 bits per heavy atom. The third-order valence-electron chi connectivity index (χ3n) is 3.26. The van der Waals surface area contributed by atoms with Gasteiger partial charge in [-0.2, -0.15) is 0 Å². The summed E-state index contributed by atoms with van der Waals surface area (Å²) in [5.41, 5.74) is 6.21. The lowest BCUT2D eigenvalue weighted by Gasteiger charge is -2.00. The third-order valence-corrected chi connectivity index (χ3v) is 3.26. The Labute approximate surface area is 115 Å². The zero-order valence-electron chi connectivity index (χ0n) is 11.8. The fourth-order valence-corrected chi connectivity index (χ4v) is 2.05. The highest BCUT2D eigenvalue weighted by Crippen LogP contribution is 1.97. The summed E-state index contributed by atoms with van der Waals surface area (Å²) in [5.74, 6) is 0. The van der Waals surface area contributed by atoms with E-state index in [0.717, 1.165) is 17.7 Å². The van der Waals surface area contributed by atoms with Crippen LogP contribution in [0.3, 0.4) is 0 Å². The second-order valence-electron chi connectivity index (χ2n) is 4.72. The van der Waals surface area contributed by atoms with Gasteiger partial charge in [0.05, 0.1) is 6.33 Å². The Morgan fingerprint density at radius 3 is 2.35 bits per heavy atom. The molecule has 0 spiro atoms. The van der Waals surface area contributed by atoms with Gasteiger partial charge >= 0.3 is 5.69 Å². The van der Waals surface area contributed by atoms with Crippen molar-refractivity contribution in [3.8, 4) is 0 Å². The van der Waals surface area contributed by atoms with E-state index in [1.807, 2.05) is 0 Å². The van der Waals surface area contributed by atoms with Crippen LogP contribution >= 0.6 is 0 Å². The predicted octanol–water partition coefficient (Wildman–Crippen LogP) is -0.775. The second kappa shape index (κ2) is 6.49. The van der Waals surface area contributed by atoms with E-state index in [4.69, 9.17) is 0 Å². The lowest BCUT2D eigenvalue weighted by atomic mass is 10.2. The highest BCUT2D eigenvalue weighted by molar-refractivity contribution is 5.68. The monoisotopic (exact) mass is 280 g/mol. The number of rotatable bonds is 0. The van der Waals surface area contributed by atoms with Crippen LogP contribution in [0.15, 0.2) is 15.9 Å². The number of aromatic nitrogens is 4. The summed E-state index contributed by atoms with van der Waals surface area (Å²) in [7, 11) is 3.01. The molecule has 0 unspecified atom stereocenters. The van der Waals surface area contributed by atoms with Crippen molar-refractivity contribution in [2.45, 2.75) is 19.3 Å². The SMILES string of the molecule is C1CCNNCC1.Cn1c(=O)c2[nH]cnc2n(C)c1=O. The molecule has 3 heterocycles. The molecule has 0 aliphatic carbocycles. The van der Waals surface area contributed by atoms with Crippen LogP contribution < -0.4 is 22.1 Å². The number of hydrogen-bond donors (Lipinski definition) is 3. The lowest BCUT2D eigenvalue weighted by molar-refractivity contribution is 0.573. The number of hydrogen-bond acceptors (Lipinski definition) is 5. The molecule has 0 atom stereocenters. The van der Waals surface area contributed by atoms with E-state index in [1.54, 1.807) is 7.05 Å². The molecular formula is C12H20N6O2. The Morgan fingerprint density at radius 1 is 1.05 bits per heavy atom. The van der Waals surface area contributed by atoms with E-state index in [-0.39, 0.29) is 11.2 Å². The normalized spacial score (nSPS) is 15.5. The molecule has 1 saturated heterocycles. The van der Waals surface area contributed by atoms with Crippen molar-refractivity contribution in [2.24, 2.45) is 14.1 Å². The number of fused-ring (bicyclic) bond motifs is 1. The summed E-state index contributed by atoms with van der Waals surface area (Å²) in [6.07, 6.45) is 5.42. The van der Waals surface area contributed by atoms with Crippen LogP contribution in [0.2, 0.25) is 0 Å². The zero-order valence-corrected chi connectivity index (χ0v) is 11.8. The average Bonchev–Trinajstić information content (AvgIpc) is 2.75. The Hall–Kier alpha value is -1.93. The van der Waals surface area contributed by atoms with Crippen LogP contribution in [0.1, 0.15) is 19.3 Å². The first kappa shape index (κ1) is 14.5. The minimum atomic E-state index is -0.371. The van der Waals surface area contributed by atoms with Crippen LogP contribution in [-0.4, -0.2) is 32.2 Å². The first-order chi connectivity index (χ1) is 9.63. The zero-order chi connectivity index (χ0) is 14.5. The maximum absolute atomic E-state index is 11.4. The van der Waals surface area contributed by atoms with Crippen molar-refractivity contribution in [2.75, 3.05) is 13.1 Å². The molecule has 1 aliphatic heterocycles. The Balaban J connectivity index is 0.000000178. The number of H-pyrrole nitrogens is 1. The fourth-order valence-electron chi connectivity index (χ4n) is 2.05. The van der Waals surface area contributed by atoms with Gasteiger partial charge in [-0.05, 0) is 12.8 Å². The standard InChI is InChI=1S/C7H8N4O2.C5H12N2/c1-10-5-4(8-3-9-5)6(12)11(2)7(10)13;1-2-4-6-7-5-3-1/h3H,1-2H3,(H,8,9);6-7H,1-5H2. The van der Waals surface area contributed by atoms with E-state index in [1.165, 1.54) is 37.2 Å². The quantitative estimate of drug-likeness (QED) is 0.588. The molecule has 0 amide bonds. The van der Waals surface area contributed by atoms with E-state index in [9.17, 15) is 9.59 Å². The molecule has 1 fully saturated rings. The van der Waals surface area contributed by atoms with E-state index >= 15 is 0 Å². The van der Waals surface area contributed by atoms with Crippen LogP contribution in [0, 0.1) is 0 Å². The number of imidazole rings is 1. The molecule has 0 saturated carbocycles. The van der Waals surface area contributed by atoms with Gasteiger partial charge in [-0.1, -0.05) is 6.42 Å². The Kier molecular flexibility index (Phi) is 4.70. The molecule has 8 nitrogen and oxygen atoms in total. The van der Waals surface area contributed by atoms with E-state index in [2.05, 4.69) is 20.8 Å². The van der Waals surface area contributed by atoms with Crippen LogP contribution in [0.4, 0.5) is 0 Å². The maximum atomic E-state index is 11.4. The maximum Gasteiger partial charge on any atom is 0.332 e.